The topological polar surface area (TPSA) is 97.0 Å². The zero-order chi connectivity index (χ0) is 13.6. The van der Waals surface area contributed by atoms with Gasteiger partial charge in [0, 0.05) is 0 Å². The van der Waals surface area contributed by atoms with Crippen LogP contribution < -0.4 is 5.84 Å². The molecule has 0 fully saturated rings. The lowest BCUT2D eigenvalue weighted by atomic mass is 10.1. The summed E-state index contributed by atoms with van der Waals surface area (Å²) in [6.45, 7) is -0.0179. The highest BCUT2D eigenvalue weighted by molar-refractivity contribution is 7.71. The van der Waals surface area contributed by atoms with Crippen molar-refractivity contribution in [2.24, 2.45) is 0 Å². The molecule has 0 radical (unpaired) electrons. The largest absolute Gasteiger partial charge is 0.335 e. The van der Waals surface area contributed by atoms with Crippen LogP contribution in [0.1, 0.15) is 26.5 Å². The third-order valence-electron chi connectivity index (χ3n) is 2.96. The van der Waals surface area contributed by atoms with Crippen molar-refractivity contribution in [1.82, 2.24) is 19.8 Å². The van der Waals surface area contributed by atoms with E-state index in [0.717, 1.165) is 9.58 Å². The molecule has 0 atom stereocenters. The van der Waals surface area contributed by atoms with Crippen LogP contribution in [-0.2, 0) is 6.54 Å². The molecule has 1 aliphatic rings. The molecule has 2 heterocycles. The van der Waals surface area contributed by atoms with Crippen molar-refractivity contribution in [3.8, 4) is 0 Å². The summed E-state index contributed by atoms with van der Waals surface area (Å²) in [5.41, 5.74) is 0.787. The number of amides is 2. The number of imide groups is 1. The lowest BCUT2D eigenvalue weighted by Gasteiger charge is -2.12. The fourth-order valence-corrected chi connectivity index (χ4v) is 2.12. The summed E-state index contributed by atoms with van der Waals surface area (Å²) in [5.74, 6) is 5.26. The molecule has 8 heteroatoms. The summed E-state index contributed by atoms with van der Waals surface area (Å²) < 4.78 is 1.37. The van der Waals surface area contributed by atoms with E-state index in [9.17, 15) is 9.59 Å². The molecule has 2 aromatic rings. The summed E-state index contributed by atoms with van der Waals surface area (Å²) in [5, 5.41) is 6.39. The molecule has 19 heavy (non-hydrogen) atoms. The number of H-pyrrole nitrogens is 1. The number of aromatic nitrogens is 3. The average Bonchev–Trinajstić information content (AvgIpc) is 2.86. The maximum absolute atomic E-state index is 12.1. The first kappa shape index (κ1) is 11.6. The van der Waals surface area contributed by atoms with Gasteiger partial charge in [0.05, 0.1) is 17.7 Å². The van der Waals surface area contributed by atoms with E-state index in [4.69, 9.17) is 18.1 Å². The Hall–Kier alpha value is -2.48. The van der Waals surface area contributed by atoms with Gasteiger partial charge in [-0.25, -0.2) is 4.68 Å². The molecule has 0 aliphatic carbocycles. The molecule has 2 amide bonds. The highest BCUT2D eigenvalue weighted by atomic mass is 32.1. The molecule has 96 valence electrons. The molecule has 1 aliphatic heterocycles. The Balaban J connectivity index is 1.97. The van der Waals surface area contributed by atoms with Crippen LogP contribution in [0.25, 0.3) is 0 Å². The number of hydrogen-bond donors (Lipinski definition) is 2. The molecule has 1 aromatic heterocycles. The molecule has 3 rings (SSSR count). The predicted octanol–water partition coefficient (Wildman–Crippen LogP) is 0.451. The van der Waals surface area contributed by atoms with Gasteiger partial charge >= 0.3 is 0 Å². The Bertz CT molecular complexity index is 713. The third kappa shape index (κ3) is 1.65. The van der Waals surface area contributed by atoms with E-state index in [2.05, 4.69) is 10.2 Å². The summed E-state index contributed by atoms with van der Waals surface area (Å²) in [7, 11) is 0. The summed E-state index contributed by atoms with van der Waals surface area (Å²) in [6, 6.07) is 6.67. The number of nitrogens with two attached hydrogens (primary N) is 1. The third-order valence-corrected chi connectivity index (χ3v) is 3.24. The first-order valence-electron chi connectivity index (χ1n) is 5.46. The molecule has 0 unspecified atom stereocenters. The minimum atomic E-state index is -0.352. The number of nitrogens with one attached hydrogen (secondary N) is 1. The standard InChI is InChI=1S/C11H9N5O2S/c12-16-8(13-14-11(16)19)5-15-9(17)6-3-1-2-4-7(6)10(15)18/h1-4H,5,12H2,(H,14,19). The summed E-state index contributed by atoms with van der Waals surface area (Å²) >= 11 is 4.87. The SMILES string of the molecule is Nn1c(CN2C(=O)c3ccccc3C2=O)n[nH]c1=S. The van der Waals surface area contributed by atoms with Gasteiger partial charge in [0.25, 0.3) is 11.8 Å². The van der Waals surface area contributed by atoms with E-state index < -0.39 is 0 Å². The number of rotatable bonds is 2. The summed E-state index contributed by atoms with van der Waals surface area (Å²) in [6.07, 6.45) is 0. The fraction of sp³-hybridized carbons (Fsp3) is 0.0909. The number of nitrogen functional groups attached to an aromatic ring is 1. The van der Waals surface area contributed by atoms with Crippen molar-refractivity contribution in [3.05, 3.63) is 46.0 Å². The van der Waals surface area contributed by atoms with Crippen molar-refractivity contribution in [2.75, 3.05) is 5.84 Å². The maximum atomic E-state index is 12.1. The van der Waals surface area contributed by atoms with Gasteiger partial charge < -0.3 is 5.84 Å². The van der Waals surface area contributed by atoms with Crippen molar-refractivity contribution in [1.29, 1.82) is 0 Å². The Morgan fingerprint density at radius 1 is 1.21 bits per heavy atom. The highest BCUT2D eigenvalue weighted by Crippen LogP contribution is 2.23. The lowest BCUT2D eigenvalue weighted by Crippen LogP contribution is -2.31. The van der Waals surface area contributed by atoms with Gasteiger partial charge in [-0.2, -0.15) is 5.10 Å². The van der Waals surface area contributed by atoms with Gasteiger partial charge in [0.2, 0.25) is 4.77 Å². The first-order valence-corrected chi connectivity index (χ1v) is 5.87. The second-order valence-corrected chi connectivity index (χ2v) is 4.44. The Morgan fingerprint density at radius 3 is 2.26 bits per heavy atom. The molecule has 7 nitrogen and oxygen atoms in total. The second-order valence-electron chi connectivity index (χ2n) is 4.06. The van der Waals surface area contributed by atoms with Gasteiger partial charge in [-0.3, -0.25) is 19.6 Å². The molecule has 0 saturated carbocycles. The van der Waals surface area contributed by atoms with Gasteiger partial charge in [0.15, 0.2) is 5.82 Å². The normalized spacial score (nSPS) is 14.0. The van der Waals surface area contributed by atoms with E-state index in [0.29, 0.717) is 17.0 Å². The molecular weight excluding hydrogens is 266 g/mol. The van der Waals surface area contributed by atoms with Crippen LogP contribution in [0.3, 0.4) is 0 Å². The number of nitrogens with zero attached hydrogens (tertiary/aromatic N) is 3. The van der Waals surface area contributed by atoms with Gasteiger partial charge in [0.1, 0.15) is 0 Å². The number of hydrogen-bond acceptors (Lipinski definition) is 5. The molecule has 0 spiro atoms. The van der Waals surface area contributed by atoms with Crippen LogP contribution in [0.2, 0.25) is 0 Å². The van der Waals surface area contributed by atoms with E-state index >= 15 is 0 Å². The van der Waals surface area contributed by atoms with E-state index in [1.807, 2.05) is 0 Å². The quantitative estimate of drug-likeness (QED) is 0.471. The zero-order valence-corrected chi connectivity index (χ0v) is 10.5. The zero-order valence-electron chi connectivity index (χ0n) is 9.66. The number of benzene rings is 1. The second kappa shape index (κ2) is 4.02. The van der Waals surface area contributed by atoms with Crippen LogP contribution in [0.4, 0.5) is 0 Å². The lowest BCUT2D eigenvalue weighted by molar-refractivity contribution is 0.0637. The monoisotopic (exact) mass is 275 g/mol. The number of fused-ring (bicyclic) bond motifs is 1. The number of carbonyl (C=O) groups excluding carboxylic acids is 2. The molecular formula is C11H9N5O2S. The highest BCUT2D eigenvalue weighted by Gasteiger charge is 2.35. The predicted molar refractivity (Wildman–Crippen MR) is 68.2 cm³/mol. The van der Waals surface area contributed by atoms with Gasteiger partial charge in [-0.1, -0.05) is 12.1 Å². The van der Waals surface area contributed by atoms with Gasteiger partial charge in [-0.15, -0.1) is 0 Å². The average molecular weight is 275 g/mol. The van der Waals surface area contributed by atoms with E-state index in [-0.39, 0.29) is 23.1 Å². The van der Waals surface area contributed by atoms with Crippen molar-refractivity contribution < 1.29 is 9.59 Å². The molecule has 0 bridgehead atoms. The van der Waals surface area contributed by atoms with Gasteiger partial charge in [-0.05, 0) is 24.4 Å². The number of aromatic amines is 1. The molecule has 3 N–H and O–H groups in total. The minimum Gasteiger partial charge on any atom is -0.335 e. The first-order chi connectivity index (χ1) is 9.09. The van der Waals surface area contributed by atoms with Crippen LogP contribution in [-0.4, -0.2) is 31.6 Å². The maximum Gasteiger partial charge on any atom is 0.261 e. The van der Waals surface area contributed by atoms with Crippen LogP contribution in [0.15, 0.2) is 24.3 Å². The summed E-state index contributed by atoms with van der Waals surface area (Å²) in [4.78, 5) is 25.3. The van der Waals surface area contributed by atoms with Crippen molar-refractivity contribution >= 4 is 24.0 Å². The van der Waals surface area contributed by atoms with Crippen LogP contribution in [0, 0.1) is 4.77 Å². The Kier molecular flexibility index (Phi) is 2.46. The van der Waals surface area contributed by atoms with Crippen LogP contribution >= 0.6 is 12.2 Å². The number of carbonyl (C=O) groups is 2. The van der Waals surface area contributed by atoms with Crippen molar-refractivity contribution in [2.45, 2.75) is 6.54 Å². The van der Waals surface area contributed by atoms with E-state index in [1.165, 1.54) is 0 Å². The van der Waals surface area contributed by atoms with Crippen LogP contribution in [0.5, 0.6) is 0 Å². The van der Waals surface area contributed by atoms with Crippen molar-refractivity contribution in [3.63, 3.8) is 0 Å². The Labute approximate surface area is 112 Å². The Morgan fingerprint density at radius 2 is 1.79 bits per heavy atom. The molecule has 1 aromatic carbocycles. The molecule has 0 saturated heterocycles. The smallest absolute Gasteiger partial charge is 0.261 e. The van der Waals surface area contributed by atoms with E-state index in [1.54, 1.807) is 24.3 Å². The minimum absolute atomic E-state index is 0.0179. The fourth-order valence-electron chi connectivity index (χ4n) is 1.97.